The van der Waals surface area contributed by atoms with E-state index < -0.39 is 11.7 Å². The van der Waals surface area contributed by atoms with Crippen molar-refractivity contribution >= 4 is 17.6 Å². The van der Waals surface area contributed by atoms with Gasteiger partial charge in [-0.25, -0.2) is 9.97 Å². The van der Waals surface area contributed by atoms with E-state index in [-0.39, 0.29) is 12.1 Å². The van der Waals surface area contributed by atoms with Gasteiger partial charge < -0.3 is 15.5 Å². The third-order valence-corrected chi connectivity index (χ3v) is 6.74. The first-order valence-corrected chi connectivity index (χ1v) is 11.6. The highest BCUT2D eigenvalue weighted by Crippen LogP contribution is 2.33. The van der Waals surface area contributed by atoms with Crippen LogP contribution in [0.2, 0.25) is 0 Å². The number of hydrogen-bond acceptors (Lipinski definition) is 5. The minimum Gasteiger partial charge on any atom is -0.387 e. The molecule has 0 saturated carbocycles. The fraction of sp³-hybridized carbons (Fsp3) is 0.520. The topological polar surface area (TPSA) is 53.1 Å². The number of nitrogens with zero attached hydrogens (tertiary/aromatic N) is 3. The Morgan fingerprint density at radius 2 is 1.85 bits per heavy atom. The molecule has 0 atom stereocenters. The fourth-order valence-electron chi connectivity index (χ4n) is 4.75. The minimum atomic E-state index is -4.37. The van der Waals surface area contributed by atoms with Crippen LogP contribution in [0.15, 0.2) is 18.2 Å². The number of benzene rings is 1. The van der Waals surface area contributed by atoms with Gasteiger partial charge in [0.25, 0.3) is 0 Å². The number of alkyl halides is 3. The number of fused-ring (bicyclic) bond motifs is 6. The number of aromatic nitrogens is 2. The quantitative estimate of drug-likeness (QED) is 0.736. The van der Waals surface area contributed by atoms with Crippen LogP contribution in [-0.2, 0) is 12.7 Å². The first-order valence-electron chi connectivity index (χ1n) is 11.6. The van der Waals surface area contributed by atoms with E-state index in [9.17, 15) is 13.2 Å². The molecule has 1 aromatic carbocycles. The Bertz CT molecular complexity index is 1120. The molecule has 2 bridgehead atoms. The molecule has 5 nitrogen and oxygen atoms in total. The second-order valence-electron chi connectivity index (χ2n) is 9.13. The van der Waals surface area contributed by atoms with Crippen molar-refractivity contribution in [1.82, 2.24) is 20.2 Å². The molecule has 2 N–H and O–H groups in total. The molecule has 3 aliphatic heterocycles. The number of rotatable bonds is 3. The van der Waals surface area contributed by atoms with E-state index in [0.717, 1.165) is 62.0 Å². The predicted molar refractivity (Wildman–Crippen MR) is 125 cm³/mol. The van der Waals surface area contributed by atoms with E-state index in [1.807, 2.05) is 13.1 Å². The van der Waals surface area contributed by atoms with Crippen molar-refractivity contribution in [3.05, 3.63) is 51.3 Å². The molecular formula is C25H32F3N5. The molecule has 8 heteroatoms. The van der Waals surface area contributed by atoms with Crippen LogP contribution in [-0.4, -0.2) is 40.5 Å². The Balaban J connectivity index is 1.72. The van der Waals surface area contributed by atoms with Crippen LogP contribution in [0.1, 0.15) is 55.1 Å². The van der Waals surface area contributed by atoms with Crippen molar-refractivity contribution in [3.8, 4) is 0 Å². The lowest BCUT2D eigenvalue weighted by atomic mass is 10.0. The Morgan fingerprint density at radius 1 is 1.09 bits per heavy atom. The van der Waals surface area contributed by atoms with E-state index in [1.54, 1.807) is 6.07 Å². The molecule has 2 aromatic rings. The summed E-state index contributed by atoms with van der Waals surface area (Å²) in [6.07, 6.45) is 1.85. The van der Waals surface area contributed by atoms with E-state index in [0.29, 0.717) is 23.2 Å². The molecule has 0 aliphatic carbocycles. The standard InChI is InChI=1S/C25H32F3N5/c1-16-6-5-11-33-12-9-20(10-13-33)29-15-21-23(16)31-18(3)32-24(21)30-14-19-7-4-8-22(17(19)2)25(26,27)28/h4,7-8,15,20,29H,5-6,9-14H2,1-3H3,(H,30,31,32)/b21-15+,23-16+. The molecule has 33 heavy (non-hydrogen) atoms. The van der Waals surface area contributed by atoms with Gasteiger partial charge in [0.1, 0.15) is 11.6 Å². The van der Waals surface area contributed by atoms with Gasteiger partial charge in [-0.3, -0.25) is 0 Å². The van der Waals surface area contributed by atoms with Gasteiger partial charge in [0, 0.05) is 31.9 Å². The summed E-state index contributed by atoms with van der Waals surface area (Å²) in [4.78, 5) is 11.9. The van der Waals surface area contributed by atoms with Crippen molar-refractivity contribution in [3.63, 3.8) is 0 Å². The van der Waals surface area contributed by atoms with E-state index in [1.165, 1.54) is 18.6 Å². The van der Waals surface area contributed by atoms with E-state index in [4.69, 9.17) is 4.98 Å². The first kappa shape index (κ1) is 23.5. The minimum absolute atomic E-state index is 0.240. The Labute approximate surface area is 192 Å². The Kier molecular flexibility index (Phi) is 6.93. The van der Waals surface area contributed by atoms with Gasteiger partial charge in [0.05, 0.1) is 16.1 Å². The first-order chi connectivity index (χ1) is 15.7. The zero-order valence-corrected chi connectivity index (χ0v) is 19.5. The third kappa shape index (κ3) is 5.49. The van der Waals surface area contributed by atoms with Gasteiger partial charge in [0.15, 0.2) is 0 Å². The average molecular weight is 460 g/mol. The van der Waals surface area contributed by atoms with Crippen LogP contribution in [0.25, 0.3) is 11.8 Å². The molecule has 1 aromatic heterocycles. The molecule has 3 aliphatic rings. The third-order valence-electron chi connectivity index (χ3n) is 6.74. The number of anilines is 1. The summed E-state index contributed by atoms with van der Waals surface area (Å²) < 4.78 is 40.0. The van der Waals surface area contributed by atoms with Crippen molar-refractivity contribution in [2.75, 3.05) is 25.0 Å². The van der Waals surface area contributed by atoms with Crippen LogP contribution in [0, 0.1) is 13.8 Å². The van der Waals surface area contributed by atoms with Gasteiger partial charge >= 0.3 is 6.18 Å². The van der Waals surface area contributed by atoms with Gasteiger partial charge in [-0.1, -0.05) is 12.1 Å². The monoisotopic (exact) mass is 459 g/mol. The molecule has 5 rings (SSSR count). The highest BCUT2D eigenvalue weighted by molar-refractivity contribution is 5.50. The van der Waals surface area contributed by atoms with Crippen molar-refractivity contribution in [2.24, 2.45) is 0 Å². The summed E-state index contributed by atoms with van der Waals surface area (Å²) in [5.41, 5.74) is 1.44. The van der Waals surface area contributed by atoms with E-state index in [2.05, 4.69) is 27.4 Å². The Morgan fingerprint density at radius 3 is 2.58 bits per heavy atom. The number of piperidine rings is 1. The van der Waals surface area contributed by atoms with E-state index >= 15 is 0 Å². The van der Waals surface area contributed by atoms with Gasteiger partial charge in [-0.15, -0.1) is 0 Å². The van der Waals surface area contributed by atoms with Crippen LogP contribution >= 0.6 is 0 Å². The molecule has 0 spiro atoms. The summed E-state index contributed by atoms with van der Waals surface area (Å²) in [6.45, 7) is 9.03. The highest BCUT2D eigenvalue weighted by Gasteiger charge is 2.32. The molecule has 0 radical (unpaired) electrons. The number of aryl methyl sites for hydroxylation is 1. The van der Waals surface area contributed by atoms with Crippen LogP contribution in [0.3, 0.4) is 0 Å². The summed E-state index contributed by atoms with van der Waals surface area (Å²) in [7, 11) is 0. The lowest BCUT2D eigenvalue weighted by molar-refractivity contribution is -0.138. The largest absolute Gasteiger partial charge is 0.416 e. The molecule has 1 saturated heterocycles. The molecule has 0 amide bonds. The number of nitrogens with one attached hydrogen (secondary N) is 2. The molecule has 0 unspecified atom stereocenters. The van der Waals surface area contributed by atoms with Crippen LogP contribution in [0.4, 0.5) is 19.0 Å². The lowest BCUT2D eigenvalue weighted by Crippen LogP contribution is -2.44. The SMILES string of the molecule is C/C1=c2\nc(C)nc(NCc3cccc(C(F)(F)F)c3C)\c2=C\NC2CCN(CCC1)CC2. The van der Waals surface area contributed by atoms with Crippen LogP contribution in [0.5, 0.6) is 0 Å². The van der Waals surface area contributed by atoms with Gasteiger partial charge in [-0.2, -0.15) is 13.2 Å². The fourth-order valence-corrected chi connectivity index (χ4v) is 4.75. The zero-order chi connectivity index (χ0) is 23.6. The lowest BCUT2D eigenvalue weighted by Gasteiger charge is -2.32. The Hall–Kier alpha value is -2.61. The van der Waals surface area contributed by atoms with Crippen molar-refractivity contribution in [1.29, 1.82) is 0 Å². The molecule has 178 valence electrons. The maximum atomic E-state index is 13.3. The average Bonchev–Trinajstić information content (AvgIpc) is 2.76. The second kappa shape index (κ2) is 9.71. The molecule has 1 fully saturated rings. The zero-order valence-electron chi connectivity index (χ0n) is 19.5. The van der Waals surface area contributed by atoms with Crippen molar-refractivity contribution in [2.45, 2.75) is 65.2 Å². The normalized spacial score (nSPS) is 24.0. The maximum Gasteiger partial charge on any atom is 0.416 e. The summed E-state index contributed by atoms with van der Waals surface area (Å²) in [5.74, 6) is 1.29. The summed E-state index contributed by atoms with van der Waals surface area (Å²) >= 11 is 0. The van der Waals surface area contributed by atoms with Gasteiger partial charge in [0.2, 0.25) is 0 Å². The maximum absolute atomic E-state index is 13.3. The highest BCUT2D eigenvalue weighted by atomic mass is 19.4. The smallest absolute Gasteiger partial charge is 0.387 e. The second-order valence-corrected chi connectivity index (χ2v) is 9.13. The summed E-state index contributed by atoms with van der Waals surface area (Å²) in [6, 6.07) is 4.71. The van der Waals surface area contributed by atoms with Gasteiger partial charge in [-0.05, 0) is 75.8 Å². The number of hydrogen-bond donors (Lipinski definition) is 2. The molecular weight excluding hydrogens is 427 g/mol. The number of halogens is 3. The predicted octanol–water partition coefficient (Wildman–Crippen LogP) is 3.48. The van der Waals surface area contributed by atoms with Crippen LogP contribution < -0.4 is 21.2 Å². The molecule has 4 heterocycles. The summed E-state index contributed by atoms with van der Waals surface area (Å²) in [5, 5.41) is 8.67. The van der Waals surface area contributed by atoms with Crippen molar-refractivity contribution < 1.29 is 13.2 Å².